The quantitative estimate of drug-likeness (QED) is 0.275. The van der Waals surface area contributed by atoms with Gasteiger partial charge in [0.25, 0.3) is 0 Å². The lowest BCUT2D eigenvalue weighted by Crippen LogP contribution is -2.55. The van der Waals surface area contributed by atoms with Gasteiger partial charge >= 0.3 is 0 Å². The van der Waals surface area contributed by atoms with Gasteiger partial charge in [0.15, 0.2) is 11.5 Å². The van der Waals surface area contributed by atoms with E-state index in [1.807, 2.05) is 41.1 Å². The van der Waals surface area contributed by atoms with Gasteiger partial charge < -0.3 is 24.4 Å². The van der Waals surface area contributed by atoms with E-state index in [1.165, 1.54) is 5.56 Å². The second-order valence-corrected chi connectivity index (χ2v) is 11.5. The standard InChI is InChI=1S/C33H39N7O4/c1-23(2)28-18-31(37-33(36-28)40-13-11-34-21-40)39-15-14-38(12-10-24-4-7-27(42-3)8-5-24)26(20-39)17-32(41)35-19-25-6-9-29-30(16-25)44-22-43-29/h4-9,11,13,16,18,21,23,26H,10,12,14-15,17,19-20,22H2,1-3H3,(H,35,41). The van der Waals surface area contributed by atoms with Crippen molar-refractivity contribution in [3.8, 4) is 23.2 Å². The molecule has 44 heavy (non-hydrogen) atoms. The number of amides is 1. The molecule has 11 heteroatoms. The van der Waals surface area contributed by atoms with Crippen molar-refractivity contribution in [2.75, 3.05) is 45.0 Å². The summed E-state index contributed by atoms with van der Waals surface area (Å²) in [5, 5.41) is 3.12. The zero-order valence-electron chi connectivity index (χ0n) is 25.5. The lowest BCUT2D eigenvalue weighted by Gasteiger charge is -2.42. The van der Waals surface area contributed by atoms with Crippen molar-refractivity contribution in [1.82, 2.24) is 29.7 Å². The summed E-state index contributed by atoms with van der Waals surface area (Å²) in [4.78, 5) is 31.9. The number of anilines is 1. The lowest BCUT2D eigenvalue weighted by atomic mass is 10.0. The van der Waals surface area contributed by atoms with E-state index in [-0.39, 0.29) is 24.7 Å². The fourth-order valence-electron chi connectivity index (χ4n) is 5.58. The first kappa shape index (κ1) is 29.4. The van der Waals surface area contributed by atoms with Crippen molar-refractivity contribution in [1.29, 1.82) is 0 Å². The maximum atomic E-state index is 13.3. The van der Waals surface area contributed by atoms with Crippen LogP contribution in [0.1, 0.15) is 43.0 Å². The number of nitrogens with zero attached hydrogens (tertiary/aromatic N) is 6. The number of benzene rings is 2. The molecule has 4 aromatic rings. The summed E-state index contributed by atoms with van der Waals surface area (Å²) in [6, 6.07) is 16.0. The minimum absolute atomic E-state index is 0.00733. The van der Waals surface area contributed by atoms with Crippen LogP contribution in [0.25, 0.3) is 5.95 Å². The van der Waals surface area contributed by atoms with Gasteiger partial charge in [-0.3, -0.25) is 14.3 Å². The number of carbonyl (C=O) groups is 1. The third-order valence-corrected chi connectivity index (χ3v) is 8.17. The predicted octanol–water partition coefficient (Wildman–Crippen LogP) is 3.96. The maximum absolute atomic E-state index is 13.3. The molecule has 0 spiro atoms. The Labute approximate surface area is 257 Å². The summed E-state index contributed by atoms with van der Waals surface area (Å²) in [5.41, 5.74) is 3.18. The maximum Gasteiger partial charge on any atom is 0.237 e. The van der Waals surface area contributed by atoms with Crippen molar-refractivity contribution in [3.63, 3.8) is 0 Å². The third kappa shape index (κ3) is 6.94. The molecule has 1 amide bonds. The SMILES string of the molecule is COc1ccc(CCN2CCN(c3cc(C(C)C)nc(-n4ccnc4)n3)CC2CC(=O)NCc2ccc3c(c2)OCO3)cc1. The van der Waals surface area contributed by atoms with E-state index in [0.717, 1.165) is 54.6 Å². The first-order chi connectivity index (χ1) is 21.4. The number of nitrogens with one attached hydrogen (secondary N) is 1. The number of imidazole rings is 1. The van der Waals surface area contributed by atoms with Crippen LogP contribution >= 0.6 is 0 Å². The summed E-state index contributed by atoms with van der Waals surface area (Å²) in [7, 11) is 1.68. The van der Waals surface area contributed by atoms with Crippen LogP contribution in [0, 0.1) is 0 Å². The van der Waals surface area contributed by atoms with E-state index in [0.29, 0.717) is 31.2 Å². The average Bonchev–Trinajstić information content (AvgIpc) is 3.76. The van der Waals surface area contributed by atoms with E-state index in [9.17, 15) is 4.79 Å². The summed E-state index contributed by atoms with van der Waals surface area (Å²) >= 11 is 0. The molecule has 1 fully saturated rings. The molecule has 2 aromatic carbocycles. The smallest absolute Gasteiger partial charge is 0.237 e. The van der Waals surface area contributed by atoms with Crippen LogP contribution in [-0.2, 0) is 17.8 Å². The highest BCUT2D eigenvalue weighted by atomic mass is 16.7. The number of rotatable bonds is 11. The molecule has 2 aliphatic heterocycles. The van der Waals surface area contributed by atoms with Gasteiger partial charge in [-0.15, -0.1) is 0 Å². The van der Waals surface area contributed by atoms with Crippen molar-refractivity contribution < 1.29 is 19.0 Å². The topological polar surface area (TPSA) is 107 Å². The summed E-state index contributed by atoms with van der Waals surface area (Å²) in [6.45, 7) is 8.07. The molecule has 0 saturated carbocycles. The number of methoxy groups -OCH3 is 1. The van der Waals surface area contributed by atoms with Gasteiger partial charge in [-0.25, -0.2) is 9.97 Å². The van der Waals surface area contributed by atoms with Gasteiger partial charge in [0, 0.05) is 63.6 Å². The van der Waals surface area contributed by atoms with Crippen LogP contribution in [0.15, 0.2) is 67.3 Å². The van der Waals surface area contributed by atoms with Crippen molar-refractivity contribution in [3.05, 3.63) is 84.1 Å². The lowest BCUT2D eigenvalue weighted by molar-refractivity contribution is -0.122. The van der Waals surface area contributed by atoms with E-state index in [2.05, 4.69) is 52.1 Å². The van der Waals surface area contributed by atoms with Gasteiger partial charge in [0.1, 0.15) is 17.9 Å². The molecule has 1 atom stereocenters. The van der Waals surface area contributed by atoms with Gasteiger partial charge in [0.05, 0.1) is 12.8 Å². The van der Waals surface area contributed by atoms with E-state index >= 15 is 0 Å². The Balaban J connectivity index is 1.18. The number of aromatic nitrogens is 4. The predicted molar refractivity (Wildman–Crippen MR) is 167 cm³/mol. The number of ether oxygens (including phenoxy) is 3. The highest BCUT2D eigenvalue weighted by molar-refractivity contribution is 5.76. The molecule has 2 aromatic heterocycles. The van der Waals surface area contributed by atoms with Crippen molar-refractivity contribution in [2.24, 2.45) is 0 Å². The van der Waals surface area contributed by atoms with Crippen LogP contribution in [0.5, 0.6) is 17.2 Å². The molecule has 2 aliphatic rings. The number of piperazine rings is 1. The Hall–Kier alpha value is -4.64. The minimum atomic E-state index is 0.00733. The zero-order chi connectivity index (χ0) is 30.5. The molecule has 11 nitrogen and oxygen atoms in total. The molecule has 4 heterocycles. The summed E-state index contributed by atoms with van der Waals surface area (Å²) < 4.78 is 18.1. The number of carbonyl (C=O) groups excluding carboxylic acids is 1. The monoisotopic (exact) mass is 597 g/mol. The van der Waals surface area contributed by atoms with Crippen LogP contribution in [-0.4, -0.2) is 76.4 Å². The minimum Gasteiger partial charge on any atom is -0.497 e. The first-order valence-corrected chi connectivity index (χ1v) is 15.1. The Bertz CT molecular complexity index is 1560. The number of fused-ring (bicyclic) bond motifs is 1. The number of hydrogen-bond donors (Lipinski definition) is 1. The Morgan fingerprint density at radius 3 is 2.64 bits per heavy atom. The molecule has 1 unspecified atom stereocenters. The molecule has 0 aliphatic carbocycles. The average molecular weight is 598 g/mol. The van der Waals surface area contributed by atoms with E-state index < -0.39 is 0 Å². The Morgan fingerprint density at radius 1 is 1.05 bits per heavy atom. The molecule has 6 rings (SSSR count). The van der Waals surface area contributed by atoms with Gasteiger partial charge in [0.2, 0.25) is 18.6 Å². The fraction of sp³-hybridized carbons (Fsp3) is 0.394. The summed E-state index contributed by atoms with van der Waals surface area (Å²) in [5.74, 6) is 4.01. The molecule has 1 N–H and O–H groups in total. The molecule has 1 saturated heterocycles. The van der Waals surface area contributed by atoms with E-state index in [4.69, 9.17) is 24.2 Å². The normalized spacial score (nSPS) is 16.4. The van der Waals surface area contributed by atoms with Crippen LogP contribution in [0.2, 0.25) is 0 Å². The van der Waals surface area contributed by atoms with E-state index in [1.54, 1.807) is 19.6 Å². The molecule has 230 valence electrons. The highest BCUT2D eigenvalue weighted by Crippen LogP contribution is 2.32. The summed E-state index contributed by atoms with van der Waals surface area (Å²) in [6.07, 6.45) is 6.56. The van der Waals surface area contributed by atoms with Gasteiger partial charge in [-0.2, -0.15) is 4.98 Å². The highest BCUT2D eigenvalue weighted by Gasteiger charge is 2.30. The van der Waals surface area contributed by atoms with Crippen molar-refractivity contribution >= 4 is 11.7 Å². The molecular formula is C33H39N7O4. The second-order valence-electron chi connectivity index (χ2n) is 11.5. The zero-order valence-corrected chi connectivity index (χ0v) is 25.5. The van der Waals surface area contributed by atoms with Gasteiger partial charge in [-0.05, 0) is 47.7 Å². The van der Waals surface area contributed by atoms with Crippen LogP contribution in [0.3, 0.4) is 0 Å². The molecule has 0 radical (unpaired) electrons. The van der Waals surface area contributed by atoms with Crippen LogP contribution < -0.4 is 24.4 Å². The Kier molecular flexibility index (Phi) is 8.92. The van der Waals surface area contributed by atoms with Gasteiger partial charge in [-0.1, -0.05) is 32.0 Å². The molecule has 0 bridgehead atoms. The largest absolute Gasteiger partial charge is 0.497 e. The molecular weight excluding hydrogens is 558 g/mol. The second kappa shape index (κ2) is 13.3. The first-order valence-electron chi connectivity index (χ1n) is 15.1. The number of hydrogen-bond acceptors (Lipinski definition) is 9. The van der Waals surface area contributed by atoms with Crippen molar-refractivity contribution in [2.45, 2.75) is 45.2 Å². The fourth-order valence-corrected chi connectivity index (χ4v) is 5.58. The van der Waals surface area contributed by atoms with Crippen LogP contribution in [0.4, 0.5) is 5.82 Å². The Morgan fingerprint density at radius 2 is 1.86 bits per heavy atom. The third-order valence-electron chi connectivity index (χ3n) is 8.17.